The van der Waals surface area contributed by atoms with Gasteiger partial charge in [0.1, 0.15) is 11.6 Å². The van der Waals surface area contributed by atoms with Gasteiger partial charge in [0.2, 0.25) is 0 Å². The molecule has 0 unspecified atom stereocenters. The average molecular weight is 247 g/mol. The molecular weight excluding hydrogens is 236 g/mol. The van der Waals surface area contributed by atoms with E-state index in [1.165, 1.54) is 13.0 Å². The van der Waals surface area contributed by atoms with Gasteiger partial charge >= 0.3 is 0 Å². The molecule has 2 rings (SSSR count). The number of carbonyl (C=O) groups is 1. The Bertz CT molecular complexity index is 582. The molecule has 0 radical (unpaired) electrons. The summed E-state index contributed by atoms with van der Waals surface area (Å²) in [6.45, 7) is 1.48. The number of amides is 1. The van der Waals surface area contributed by atoms with E-state index in [1.54, 1.807) is 30.3 Å². The molecule has 0 fully saturated rings. The van der Waals surface area contributed by atoms with Crippen molar-refractivity contribution in [1.29, 1.82) is 0 Å². The van der Waals surface area contributed by atoms with Gasteiger partial charge in [0.25, 0.3) is 5.91 Å². The summed E-state index contributed by atoms with van der Waals surface area (Å²) < 4.78 is 26.6. The SMILES string of the molecule is Cc1cc(C(=O)Nc2ccccc2)c(F)cc1F. The van der Waals surface area contributed by atoms with Gasteiger partial charge in [0.05, 0.1) is 5.56 Å². The van der Waals surface area contributed by atoms with Gasteiger partial charge in [-0.3, -0.25) is 4.79 Å². The van der Waals surface area contributed by atoms with Crippen LogP contribution in [-0.4, -0.2) is 5.91 Å². The highest BCUT2D eigenvalue weighted by Gasteiger charge is 2.14. The van der Waals surface area contributed by atoms with E-state index in [4.69, 9.17) is 0 Å². The standard InChI is InChI=1S/C14H11F2NO/c1-9-7-11(13(16)8-12(9)15)14(18)17-10-5-3-2-4-6-10/h2-8H,1H3,(H,17,18). The van der Waals surface area contributed by atoms with Gasteiger partial charge in [0.15, 0.2) is 0 Å². The first kappa shape index (κ1) is 12.2. The molecule has 2 aromatic rings. The first-order valence-corrected chi connectivity index (χ1v) is 5.40. The predicted octanol–water partition coefficient (Wildman–Crippen LogP) is 3.53. The van der Waals surface area contributed by atoms with Gasteiger partial charge in [-0.2, -0.15) is 0 Å². The summed E-state index contributed by atoms with van der Waals surface area (Å²) in [5, 5.41) is 2.54. The van der Waals surface area contributed by atoms with Crippen molar-refractivity contribution in [2.24, 2.45) is 0 Å². The molecular formula is C14H11F2NO. The Morgan fingerprint density at radius 1 is 1.06 bits per heavy atom. The van der Waals surface area contributed by atoms with Crippen molar-refractivity contribution in [3.63, 3.8) is 0 Å². The Labute approximate surface area is 103 Å². The fraction of sp³-hybridized carbons (Fsp3) is 0.0714. The Morgan fingerprint density at radius 3 is 2.39 bits per heavy atom. The number of anilines is 1. The van der Waals surface area contributed by atoms with Gasteiger partial charge in [-0.15, -0.1) is 0 Å². The molecule has 0 aliphatic carbocycles. The summed E-state index contributed by atoms with van der Waals surface area (Å²) in [7, 11) is 0. The minimum atomic E-state index is -0.869. The zero-order chi connectivity index (χ0) is 13.1. The van der Waals surface area contributed by atoms with E-state index in [-0.39, 0.29) is 11.1 Å². The van der Waals surface area contributed by atoms with Crippen LogP contribution in [-0.2, 0) is 0 Å². The molecule has 0 aromatic heterocycles. The van der Waals surface area contributed by atoms with Gasteiger partial charge in [0, 0.05) is 11.8 Å². The zero-order valence-electron chi connectivity index (χ0n) is 9.71. The number of halogens is 2. The third-order valence-electron chi connectivity index (χ3n) is 2.52. The number of hydrogen-bond acceptors (Lipinski definition) is 1. The molecule has 0 atom stereocenters. The molecule has 2 aromatic carbocycles. The molecule has 0 aliphatic heterocycles. The van der Waals surface area contributed by atoms with E-state index < -0.39 is 17.5 Å². The molecule has 2 nitrogen and oxygen atoms in total. The lowest BCUT2D eigenvalue weighted by molar-refractivity contribution is 0.102. The largest absolute Gasteiger partial charge is 0.322 e. The van der Waals surface area contributed by atoms with Crippen molar-refractivity contribution in [2.75, 3.05) is 5.32 Å². The average Bonchev–Trinajstić information content (AvgIpc) is 2.35. The zero-order valence-corrected chi connectivity index (χ0v) is 9.71. The number of carbonyl (C=O) groups excluding carboxylic acids is 1. The molecule has 0 aliphatic rings. The predicted molar refractivity (Wildman–Crippen MR) is 65.5 cm³/mol. The fourth-order valence-electron chi connectivity index (χ4n) is 1.55. The molecule has 18 heavy (non-hydrogen) atoms. The van der Waals surface area contributed by atoms with Crippen LogP contribution in [0.3, 0.4) is 0 Å². The van der Waals surface area contributed by atoms with Gasteiger partial charge in [-0.05, 0) is 30.7 Å². The van der Waals surface area contributed by atoms with Gasteiger partial charge < -0.3 is 5.32 Å². The van der Waals surface area contributed by atoms with Crippen molar-refractivity contribution >= 4 is 11.6 Å². The first-order valence-electron chi connectivity index (χ1n) is 5.40. The quantitative estimate of drug-likeness (QED) is 0.864. The van der Waals surface area contributed by atoms with Crippen molar-refractivity contribution in [2.45, 2.75) is 6.92 Å². The lowest BCUT2D eigenvalue weighted by atomic mass is 10.1. The van der Waals surface area contributed by atoms with E-state index in [0.29, 0.717) is 5.69 Å². The van der Waals surface area contributed by atoms with Crippen LogP contribution in [0, 0.1) is 18.6 Å². The summed E-state index contributed by atoms with van der Waals surface area (Å²) in [5.74, 6) is -2.13. The second-order valence-electron chi connectivity index (χ2n) is 3.90. The maximum atomic E-state index is 13.5. The van der Waals surface area contributed by atoms with Gasteiger partial charge in [-0.1, -0.05) is 18.2 Å². The maximum absolute atomic E-state index is 13.5. The van der Waals surface area contributed by atoms with Crippen LogP contribution >= 0.6 is 0 Å². The molecule has 0 spiro atoms. The monoisotopic (exact) mass is 247 g/mol. The number of hydrogen-bond donors (Lipinski definition) is 1. The van der Waals surface area contributed by atoms with Crippen LogP contribution in [0.2, 0.25) is 0 Å². The maximum Gasteiger partial charge on any atom is 0.258 e. The molecule has 0 bridgehead atoms. The highest BCUT2D eigenvalue weighted by Crippen LogP contribution is 2.16. The van der Waals surface area contributed by atoms with E-state index in [1.807, 2.05) is 0 Å². The van der Waals surface area contributed by atoms with E-state index in [0.717, 1.165) is 6.07 Å². The van der Waals surface area contributed by atoms with Crippen molar-refractivity contribution in [3.8, 4) is 0 Å². The molecule has 4 heteroatoms. The third-order valence-corrected chi connectivity index (χ3v) is 2.52. The van der Waals surface area contributed by atoms with Crippen LogP contribution in [0.25, 0.3) is 0 Å². The molecule has 0 saturated carbocycles. The second kappa shape index (κ2) is 4.96. The number of benzene rings is 2. The third kappa shape index (κ3) is 2.53. The summed E-state index contributed by atoms with van der Waals surface area (Å²) in [6, 6.07) is 10.6. The molecule has 1 amide bonds. The lowest BCUT2D eigenvalue weighted by Crippen LogP contribution is -2.14. The van der Waals surface area contributed by atoms with Crippen LogP contribution in [0.5, 0.6) is 0 Å². The van der Waals surface area contributed by atoms with Crippen LogP contribution < -0.4 is 5.32 Å². The minimum absolute atomic E-state index is 0.169. The summed E-state index contributed by atoms with van der Waals surface area (Å²) in [5.41, 5.74) is 0.622. The Kier molecular flexibility index (Phi) is 3.37. The molecule has 0 heterocycles. The number of nitrogens with one attached hydrogen (secondary N) is 1. The number of aryl methyl sites for hydroxylation is 1. The van der Waals surface area contributed by atoms with E-state index in [2.05, 4.69) is 5.32 Å². The lowest BCUT2D eigenvalue weighted by Gasteiger charge is -2.07. The summed E-state index contributed by atoms with van der Waals surface area (Å²) in [4.78, 5) is 11.8. The van der Waals surface area contributed by atoms with Gasteiger partial charge in [-0.25, -0.2) is 8.78 Å². The van der Waals surface area contributed by atoms with E-state index in [9.17, 15) is 13.6 Å². The topological polar surface area (TPSA) is 29.1 Å². The Hall–Kier alpha value is -2.23. The van der Waals surface area contributed by atoms with Crippen LogP contribution in [0.4, 0.5) is 14.5 Å². The van der Waals surface area contributed by atoms with Crippen molar-refractivity contribution < 1.29 is 13.6 Å². The molecule has 1 N–H and O–H groups in total. The smallest absolute Gasteiger partial charge is 0.258 e. The molecule has 0 saturated heterocycles. The number of rotatable bonds is 2. The Morgan fingerprint density at radius 2 is 1.72 bits per heavy atom. The minimum Gasteiger partial charge on any atom is -0.322 e. The van der Waals surface area contributed by atoms with Crippen molar-refractivity contribution in [3.05, 3.63) is 65.2 Å². The van der Waals surface area contributed by atoms with Crippen LogP contribution in [0.15, 0.2) is 42.5 Å². The van der Waals surface area contributed by atoms with E-state index >= 15 is 0 Å². The Balaban J connectivity index is 2.27. The second-order valence-corrected chi connectivity index (χ2v) is 3.90. The normalized spacial score (nSPS) is 10.2. The molecule has 92 valence electrons. The number of para-hydroxylation sites is 1. The van der Waals surface area contributed by atoms with Crippen molar-refractivity contribution in [1.82, 2.24) is 0 Å². The summed E-state index contributed by atoms with van der Waals surface area (Å²) >= 11 is 0. The summed E-state index contributed by atoms with van der Waals surface area (Å²) in [6.07, 6.45) is 0. The highest BCUT2D eigenvalue weighted by atomic mass is 19.1. The first-order chi connectivity index (χ1) is 8.58. The fourth-order valence-corrected chi connectivity index (χ4v) is 1.55. The van der Waals surface area contributed by atoms with Crippen LogP contribution in [0.1, 0.15) is 15.9 Å². The highest BCUT2D eigenvalue weighted by molar-refractivity contribution is 6.04.